The zero-order chi connectivity index (χ0) is 10.8. The van der Waals surface area contributed by atoms with Gasteiger partial charge in [0.2, 0.25) is 0 Å². The third-order valence-electron chi connectivity index (χ3n) is 2.99. The molecular formula is C12H16FNO. The number of phenolic OH excluding ortho intramolecular Hbond substituents is 1. The van der Waals surface area contributed by atoms with E-state index >= 15 is 0 Å². The third kappa shape index (κ3) is 2.29. The van der Waals surface area contributed by atoms with E-state index in [4.69, 9.17) is 0 Å². The molecule has 1 atom stereocenters. The lowest BCUT2D eigenvalue weighted by atomic mass is 10.0. The van der Waals surface area contributed by atoms with Crippen LogP contribution in [0.3, 0.4) is 0 Å². The summed E-state index contributed by atoms with van der Waals surface area (Å²) in [5.41, 5.74) is 1.44. The Morgan fingerprint density at radius 1 is 1.53 bits per heavy atom. The number of phenols is 1. The van der Waals surface area contributed by atoms with Crippen molar-refractivity contribution in [3.8, 4) is 5.75 Å². The van der Waals surface area contributed by atoms with Crippen LogP contribution in [0.1, 0.15) is 24.0 Å². The molecule has 2 nitrogen and oxygen atoms in total. The maximum absolute atomic E-state index is 13.5. The molecule has 1 aromatic carbocycles. The van der Waals surface area contributed by atoms with Crippen LogP contribution in [0, 0.1) is 12.7 Å². The zero-order valence-electron chi connectivity index (χ0n) is 8.89. The van der Waals surface area contributed by atoms with E-state index < -0.39 is 0 Å². The first-order chi connectivity index (χ1) is 7.16. The maximum atomic E-state index is 13.5. The fraction of sp³-hybridized carbons (Fsp3) is 0.500. The van der Waals surface area contributed by atoms with Crippen molar-refractivity contribution in [2.45, 2.75) is 32.2 Å². The molecule has 0 saturated carbocycles. The Labute approximate surface area is 89.1 Å². The Morgan fingerprint density at radius 3 is 3.00 bits per heavy atom. The SMILES string of the molecule is Cc1cc(CC2CCCN2)c(F)cc1O. The molecule has 0 amide bonds. The second-order valence-corrected chi connectivity index (χ2v) is 4.23. The van der Waals surface area contributed by atoms with Crippen LogP contribution in [0.4, 0.5) is 4.39 Å². The quantitative estimate of drug-likeness (QED) is 0.782. The van der Waals surface area contributed by atoms with Crippen molar-refractivity contribution in [3.63, 3.8) is 0 Å². The Kier molecular flexibility index (Phi) is 2.91. The predicted octanol–water partition coefficient (Wildman–Crippen LogP) is 2.13. The molecule has 1 aliphatic rings. The van der Waals surface area contributed by atoms with Crippen LogP contribution >= 0.6 is 0 Å². The summed E-state index contributed by atoms with van der Waals surface area (Å²) < 4.78 is 13.5. The molecule has 1 fully saturated rings. The number of aromatic hydroxyl groups is 1. The maximum Gasteiger partial charge on any atom is 0.130 e. The first-order valence-corrected chi connectivity index (χ1v) is 5.38. The molecule has 1 aromatic rings. The standard InChI is InChI=1S/C12H16FNO/c1-8-5-9(11(13)7-12(8)15)6-10-3-2-4-14-10/h5,7,10,14-15H,2-4,6H2,1H3. The van der Waals surface area contributed by atoms with Crippen LogP contribution in [0.25, 0.3) is 0 Å². The number of nitrogens with one attached hydrogen (secondary N) is 1. The molecule has 1 aliphatic heterocycles. The van der Waals surface area contributed by atoms with Gasteiger partial charge in [0.15, 0.2) is 0 Å². The Bertz CT molecular complexity index is 359. The highest BCUT2D eigenvalue weighted by Crippen LogP contribution is 2.23. The Balaban J connectivity index is 2.16. The van der Waals surface area contributed by atoms with Crippen LogP contribution in [0.2, 0.25) is 0 Å². The number of halogens is 1. The highest BCUT2D eigenvalue weighted by molar-refractivity contribution is 5.36. The van der Waals surface area contributed by atoms with E-state index in [-0.39, 0.29) is 11.6 Å². The largest absolute Gasteiger partial charge is 0.508 e. The van der Waals surface area contributed by atoms with E-state index in [0.717, 1.165) is 18.5 Å². The molecule has 0 bridgehead atoms. The molecule has 2 rings (SSSR count). The van der Waals surface area contributed by atoms with E-state index in [0.29, 0.717) is 18.0 Å². The van der Waals surface area contributed by atoms with Gasteiger partial charge in [0, 0.05) is 12.1 Å². The summed E-state index contributed by atoms with van der Waals surface area (Å²) in [4.78, 5) is 0. The molecule has 0 aliphatic carbocycles. The third-order valence-corrected chi connectivity index (χ3v) is 2.99. The molecule has 15 heavy (non-hydrogen) atoms. The first-order valence-electron chi connectivity index (χ1n) is 5.38. The second-order valence-electron chi connectivity index (χ2n) is 4.23. The summed E-state index contributed by atoms with van der Waals surface area (Å²) >= 11 is 0. The van der Waals surface area contributed by atoms with Crippen molar-refractivity contribution < 1.29 is 9.50 Å². The predicted molar refractivity (Wildman–Crippen MR) is 57.5 cm³/mol. The van der Waals surface area contributed by atoms with Crippen LogP contribution in [0.5, 0.6) is 5.75 Å². The van der Waals surface area contributed by atoms with Crippen molar-refractivity contribution >= 4 is 0 Å². The number of hydrogen-bond acceptors (Lipinski definition) is 2. The summed E-state index contributed by atoms with van der Waals surface area (Å²) in [5.74, 6) is -0.262. The van der Waals surface area contributed by atoms with E-state index in [1.165, 1.54) is 12.5 Å². The number of hydrogen-bond donors (Lipinski definition) is 2. The van der Waals surface area contributed by atoms with Crippen molar-refractivity contribution in [2.75, 3.05) is 6.54 Å². The van der Waals surface area contributed by atoms with Gasteiger partial charge < -0.3 is 10.4 Å². The van der Waals surface area contributed by atoms with Crippen molar-refractivity contribution in [1.82, 2.24) is 5.32 Å². The summed E-state index contributed by atoms with van der Waals surface area (Å²) in [6, 6.07) is 3.34. The van der Waals surface area contributed by atoms with Gasteiger partial charge in [0.25, 0.3) is 0 Å². The Hall–Kier alpha value is -1.09. The Morgan fingerprint density at radius 2 is 2.33 bits per heavy atom. The smallest absolute Gasteiger partial charge is 0.130 e. The monoisotopic (exact) mass is 209 g/mol. The molecular weight excluding hydrogens is 193 g/mol. The van der Waals surface area contributed by atoms with Gasteiger partial charge in [-0.25, -0.2) is 4.39 Å². The van der Waals surface area contributed by atoms with Gasteiger partial charge in [-0.2, -0.15) is 0 Å². The highest BCUT2D eigenvalue weighted by Gasteiger charge is 2.17. The molecule has 2 N–H and O–H groups in total. The molecule has 1 saturated heterocycles. The van der Waals surface area contributed by atoms with Crippen LogP contribution < -0.4 is 5.32 Å². The summed E-state index contributed by atoms with van der Waals surface area (Å²) in [6.45, 7) is 2.82. The minimum Gasteiger partial charge on any atom is -0.508 e. The lowest BCUT2D eigenvalue weighted by molar-refractivity contribution is 0.462. The van der Waals surface area contributed by atoms with Gasteiger partial charge in [0.05, 0.1) is 0 Å². The van der Waals surface area contributed by atoms with Gasteiger partial charge in [-0.1, -0.05) is 0 Å². The van der Waals surface area contributed by atoms with Gasteiger partial charge in [0.1, 0.15) is 11.6 Å². The fourth-order valence-electron chi connectivity index (χ4n) is 2.08. The van der Waals surface area contributed by atoms with Crippen LogP contribution in [-0.4, -0.2) is 17.7 Å². The van der Waals surface area contributed by atoms with Crippen molar-refractivity contribution in [2.24, 2.45) is 0 Å². The number of aryl methyl sites for hydroxylation is 1. The average molecular weight is 209 g/mol. The van der Waals surface area contributed by atoms with Gasteiger partial charge >= 0.3 is 0 Å². The number of rotatable bonds is 2. The van der Waals surface area contributed by atoms with Crippen LogP contribution in [0.15, 0.2) is 12.1 Å². The molecule has 1 unspecified atom stereocenters. The molecule has 0 aromatic heterocycles. The minimum absolute atomic E-state index is 0.0376. The van der Waals surface area contributed by atoms with Gasteiger partial charge in [-0.05, 0) is 49.9 Å². The van der Waals surface area contributed by atoms with Gasteiger partial charge in [-0.15, -0.1) is 0 Å². The number of benzene rings is 1. The van der Waals surface area contributed by atoms with Crippen molar-refractivity contribution in [1.29, 1.82) is 0 Å². The second kappa shape index (κ2) is 4.19. The molecule has 0 spiro atoms. The first kappa shape index (κ1) is 10.4. The molecule has 82 valence electrons. The molecule has 3 heteroatoms. The lowest BCUT2D eigenvalue weighted by Crippen LogP contribution is -2.24. The summed E-state index contributed by atoms with van der Waals surface area (Å²) in [7, 11) is 0. The topological polar surface area (TPSA) is 32.3 Å². The van der Waals surface area contributed by atoms with Gasteiger partial charge in [-0.3, -0.25) is 0 Å². The van der Waals surface area contributed by atoms with E-state index in [1.54, 1.807) is 13.0 Å². The zero-order valence-corrected chi connectivity index (χ0v) is 8.89. The molecule has 0 radical (unpaired) electrons. The lowest BCUT2D eigenvalue weighted by Gasteiger charge is -2.12. The normalized spacial score (nSPS) is 20.8. The van der Waals surface area contributed by atoms with E-state index in [1.807, 2.05) is 0 Å². The fourth-order valence-corrected chi connectivity index (χ4v) is 2.08. The average Bonchev–Trinajstić information content (AvgIpc) is 2.67. The molecule has 1 heterocycles. The minimum atomic E-state index is -0.299. The van der Waals surface area contributed by atoms with E-state index in [9.17, 15) is 9.50 Å². The van der Waals surface area contributed by atoms with E-state index in [2.05, 4.69) is 5.32 Å². The summed E-state index contributed by atoms with van der Waals surface area (Å²) in [6.07, 6.45) is 3.00. The summed E-state index contributed by atoms with van der Waals surface area (Å²) in [5, 5.41) is 12.7. The highest BCUT2D eigenvalue weighted by atomic mass is 19.1. The van der Waals surface area contributed by atoms with Crippen LogP contribution in [-0.2, 0) is 6.42 Å². The van der Waals surface area contributed by atoms with Crippen molar-refractivity contribution in [3.05, 3.63) is 29.1 Å².